The summed E-state index contributed by atoms with van der Waals surface area (Å²) >= 11 is 0. The van der Waals surface area contributed by atoms with E-state index in [4.69, 9.17) is 6.42 Å². The first-order valence-electron chi connectivity index (χ1n) is 5.47. The number of benzene rings is 1. The average Bonchev–Trinajstić information content (AvgIpc) is 2.30. The highest BCUT2D eigenvalue weighted by Crippen LogP contribution is 2.33. The molecule has 1 unspecified atom stereocenters. The second-order valence-corrected chi connectivity index (χ2v) is 3.76. The minimum absolute atomic E-state index is 0.152. The molecule has 0 aliphatic heterocycles. The van der Waals surface area contributed by atoms with Gasteiger partial charge in [0.2, 0.25) is 0 Å². The third-order valence-corrected chi connectivity index (χ3v) is 2.41. The monoisotopic (exact) mass is 259 g/mol. The number of alkyl halides is 3. The average molecular weight is 259 g/mol. The van der Waals surface area contributed by atoms with Gasteiger partial charge < -0.3 is 0 Å². The Labute approximate surface area is 103 Å². The van der Waals surface area contributed by atoms with Gasteiger partial charge in [0.15, 0.2) is 0 Å². The molecule has 0 bridgehead atoms. The first-order valence-corrected chi connectivity index (χ1v) is 5.47. The third kappa shape index (κ3) is 3.23. The van der Waals surface area contributed by atoms with Crippen molar-refractivity contribution in [1.82, 2.24) is 5.32 Å². The summed E-state index contributed by atoms with van der Waals surface area (Å²) in [6.45, 7) is 2.38. The molecule has 5 heteroatoms. The van der Waals surface area contributed by atoms with Crippen LogP contribution in [0.15, 0.2) is 18.2 Å². The van der Waals surface area contributed by atoms with Gasteiger partial charge in [-0.3, -0.25) is 5.32 Å². The summed E-state index contributed by atoms with van der Waals surface area (Å²) < 4.78 is 51.4. The Balaban J connectivity index is 3.14. The van der Waals surface area contributed by atoms with E-state index in [2.05, 4.69) is 11.2 Å². The van der Waals surface area contributed by atoms with Gasteiger partial charge in [0, 0.05) is 5.56 Å². The summed E-state index contributed by atoms with van der Waals surface area (Å²) in [4.78, 5) is 0. The van der Waals surface area contributed by atoms with E-state index in [0.29, 0.717) is 12.6 Å². The van der Waals surface area contributed by atoms with Gasteiger partial charge in [-0.05, 0) is 19.0 Å². The van der Waals surface area contributed by atoms with E-state index in [9.17, 15) is 17.6 Å². The van der Waals surface area contributed by atoms with Crippen LogP contribution in [-0.2, 0) is 6.18 Å². The molecule has 0 saturated heterocycles. The minimum atomic E-state index is -4.72. The van der Waals surface area contributed by atoms with E-state index in [1.807, 2.05) is 6.92 Å². The molecule has 0 aliphatic carbocycles. The molecule has 0 spiro atoms. The van der Waals surface area contributed by atoms with Crippen molar-refractivity contribution in [3.8, 4) is 12.3 Å². The van der Waals surface area contributed by atoms with Crippen molar-refractivity contribution in [2.45, 2.75) is 25.6 Å². The van der Waals surface area contributed by atoms with E-state index in [-0.39, 0.29) is 5.56 Å². The number of hydrogen-bond donors (Lipinski definition) is 1. The summed E-state index contributed by atoms with van der Waals surface area (Å²) in [5.74, 6) is 0.945. The van der Waals surface area contributed by atoms with E-state index >= 15 is 0 Å². The van der Waals surface area contributed by atoms with Crippen LogP contribution in [0.25, 0.3) is 0 Å². The fraction of sp³-hybridized carbons (Fsp3) is 0.385. The van der Waals surface area contributed by atoms with Crippen molar-refractivity contribution in [2.75, 3.05) is 6.54 Å². The Morgan fingerprint density at radius 3 is 2.56 bits per heavy atom. The predicted molar refractivity (Wildman–Crippen MR) is 61.3 cm³/mol. The highest BCUT2D eigenvalue weighted by Gasteiger charge is 2.35. The van der Waals surface area contributed by atoms with E-state index in [1.54, 1.807) is 0 Å². The second-order valence-electron chi connectivity index (χ2n) is 3.76. The molecule has 1 atom stereocenters. The third-order valence-electron chi connectivity index (χ3n) is 2.41. The maximum atomic E-state index is 13.8. The maximum Gasteiger partial charge on any atom is 0.419 e. The van der Waals surface area contributed by atoms with Gasteiger partial charge in [-0.2, -0.15) is 13.2 Å². The van der Waals surface area contributed by atoms with Crippen LogP contribution in [-0.4, -0.2) is 6.54 Å². The number of nitrogens with one attached hydrogen (secondary N) is 1. The van der Waals surface area contributed by atoms with Gasteiger partial charge in [-0.1, -0.05) is 25.0 Å². The van der Waals surface area contributed by atoms with Crippen molar-refractivity contribution in [3.05, 3.63) is 35.1 Å². The lowest BCUT2D eigenvalue weighted by Gasteiger charge is -2.16. The van der Waals surface area contributed by atoms with Crippen molar-refractivity contribution >= 4 is 0 Å². The predicted octanol–water partition coefficient (Wildman–Crippen LogP) is 3.52. The number of halogens is 4. The van der Waals surface area contributed by atoms with Crippen LogP contribution in [0.4, 0.5) is 17.6 Å². The lowest BCUT2D eigenvalue weighted by molar-refractivity contribution is -0.140. The van der Waals surface area contributed by atoms with Crippen molar-refractivity contribution in [3.63, 3.8) is 0 Å². The first-order chi connectivity index (χ1) is 8.41. The van der Waals surface area contributed by atoms with Crippen LogP contribution in [0.5, 0.6) is 0 Å². The Hall–Kier alpha value is -1.54. The fourth-order valence-electron chi connectivity index (χ4n) is 1.54. The molecule has 1 aromatic rings. The summed E-state index contributed by atoms with van der Waals surface area (Å²) in [6, 6.07) is 2.26. The second kappa shape index (κ2) is 5.87. The van der Waals surface area contributed by atoms with Gasteiger partial charge in [-0.25, -0.2) is 4.39 Å². The molecular weight excluding hydrogens is 246 g/mol. The molecule has 0 fully saturated rings. The smallest absolute Gasteiger partial charge is 0.300 e. The zero-order valence-electron chi connectivity index (χ0n) is 9.81. The van der Waals surface area contributed by atoms with Crippen LogP contribution in [0.2, 0.25) is 0 Å². The highest BCUT2D eigenvalue weighted by atomic mass is 19.4. The summed E-state index contributed by atoms with van der Waals surface area (Å²) in [6.07, 6.45) is 1.24. The Bertz CT molecular complexity index is 445. The lowest BCUT2D eigenvalue weighted by Crippen LogP contribution is -2.23. The quantitative estimate of drug-likeness (QED) is 0.644. The zero-order chi connectivity index (χ0) is 13.8. The molecule has 0 aliphatic rings. The molecule has 0 heterocycles. The lowest BCUT2D eigenvalue weighted by atomic mass is 10.0. The molecule has 0 amide bonds. The zero-order valence-corrected chi connectivity index (χ0v) is 9.81. The van der Waals surface area contributed by atoms with Gasteiger partial charge in [0.1, 0.15) is 5.82 Å². The number of rotatable bonds is 4. The minimum Gasteiger partial charge on any atom is -0.300 e. The van der Waals surface area contributed by atoms with Crippen LogP contribution in [0.3, 0.4) is 0 Å². The topological polar surface area (TPSA) is 12.0 Å². The normalized spacial score (nSPS) is 13.1. The van der Waals surface area contributed by atoms with Crippen LogP contribution >= 0.6 is 0 Å². The molecule has 0 radical (unpaired) electrons. The van der Waals surface area contributed by atoms with Gasteiger partial charge in [-0.15, -0.1) is 6.42 Å². The molecule has 1 N–H and O–H groups in total. The maximum absolute atomic E-state index is 13.8. The molecule has 0 aromatic heterocycles. The summed E-state index contributed by atoms with van der Waals surface area (Å²) in [7, 11) is 0. The summed E-state index contributed by atoms with van der Waals surface area (Å²) in [5.41, 5.74) is -1.45. The van der Waals surface area contributed by atoms with E-state index < -0.39 is 23.6 Å². The fourth-order valence-corrected chi connectivity index (χ4v) is 1.54. The molecule has 1 nitrogen and oxygen atoms in total. The highest BCUT2D eigenvalue weighted by molar-refractivity contribution is 5.33. The van der Waals surface area contributed by atoms with Crippen LogP contribution in [0, 0.1) is 18.2 Å². The van der Waals surface area contributed by atoms with Gasteiger partial charge in [0.05, 0.1) is 11.6 Å². The van der Waals surface area contributed by atoms with Crippen molar-refractivity contribution in [1.29, 1.82) is 0 Å². The van der Waals surface area contributed by atoms with Crippen molar-refractivity contribution in [2.24, 2.45) is 0 Å². The molecule has 1 rings (SSSR count). The van der Waals surface area contributed by atoms with Gasteiger partial charge >= 0.3 is 6.18 Å². The summed E-state index contributed by atoms with van der Waals surface area (Å²) in [5, 5.41) is 2.81. The standard InChI is InChI=1S/C13H13F4N/c1-3-8-18-11(4-2)9-6-5-7-10(12(9)14)13(15,16)17/h2,5-7,11,18H,3,8H2,1H3. The number of hydrogen-bond acceptors (Lipinski definition) is 1. The molecule has 18 heavy (non-hydrogen) atoms. The largest absolute Gasteiger partial charge is 0.419 e. The molecule has 98 valence electrons. The number of terminal acetylenes is 1. The molecular formula is C13H13F4N. The van der Waals surface area contributed by atoms with Crippen LogP contribution < -0.4 is 5.32 Å². The van der Waals surface area contributed by atoms with Gasteiger partial charge in [0.25, 0.3) is 0 Å². The van der Waals surface area contributed by atoms with Crippen LogP contribution in [0.1, 0.15) is 30.5 Å². The van der Waals surface area contributed by atoms with E-state index in [0.717, 1.165) is 12.5 Å². The molecule has 1 aromatic carbocycles. The SMILES string of the molecule is C#CC(NCCC)c1cccc(C(F)(F)F)c1F. The Kier molecular flexibility index (Phi) is 4.74. The van der Waals surface area contributed by atoms with Crippen molar-refractivity contribution < 1.29 is 17.6 Å². The van der Waals surface area contributed by atoms with E-state index in [1.165, 1.54) is 6.07 Å². The first kappa shape index (κ1) is 14.5. The molecule has 0 saturated carbocycles. The Morgan fingerprint density at radius 1 is 1.39 bits per heavy atom. The Morgan fingerprint density at radius 2 is 2.06 bits per heavy atom.